The van der Waals surface area contributed by atoms with Crippen molar-refractivity contribution in [2.45, 2.75) is 32.4 Å². The first-order chi connectivity index (χ1) is 14.7. The van der Waals surface area contributed by atoms with Crippen molar-refractivity contribution >= 4 is 21.7 Å². The van der Waals surface area contributed by atoms with Gasteiger partial charge in [0.15, 0.2) is 0 Å². The Hall–Kier alpha value is -2.98. The van der Waals surface area contributed by atoms with Crippen molar-refractivity contribution in [2.75, 3.05) is 13.1 Å². The maximum Gasteiger partial charge on any atom is 0.149 e. The van der Waals surface area contributed by atoms with Crippen LogP contribution < -0.4 is 4.74 Å². The number of nitrogens with zero attached hydrogens (tertiary/aromatic N) is 2. The topological polar surface area (TPSA) is 25.4 Å². The highest BCUT2D eigenvalue weighted by Crippen LogP contribution is 2.30. The number of pyridine rings is 1. The van der Waals surface area contributed by atoms with Gasteiger partial charge in [0, 0.05) is 36.8 Å². The molecule has 1 aliphatic heterocycles. The van der Waals surface area contributed by atoms with Gasteiger partial charge < -0.3 is 4.74 Å². The monoisotopic (exact) mass is 400 g/mol. The first kappa shape index (κ1) is 19.0. The van der Waals surface area contributed by atoms with Crippen molar-refractivity contribution in [3.63, 3.8) is 0 Å². The Morgan fingerprint density at radius 2 is 1.70 bits per heavy atom. The number of piperidine rings is 1. The highest BCUT2D eigenvalue weighted by Gasteiger charge is 2.22. The van der Waals surface area contributed by atoms with Crippen LogP contribution in [0.15, 0.2) is 66.7 Å². The lowest BCUT2D eigenvalue weighted by atomic mass is 10.0. The molecule has 1 fully saturated rings. The fourth-order valence-corrected chi connectivity index (χ4v) is 4.44. The van der Waals surface area contributed by atoms with Crippen LogP contribution in [0.5, 0.6) is 5.75 Å². The van der Waals surface area contributed by atoms with E-state index in [0.29, 0.717) is 5.52 Å². The van der Waals surface area contributed by atoms with Crippen molar-refractivity contribution in [3.8, 4) is 5.75 Å². The molecule has 5 rings (SSSR count). The van der Waals surface area contributed by atoms with Gasteiger partial charge in [-0.2, -0.15) is 0 Å². The zero-order valence-corrected chi connectivity index (χ0v) is 17.1. The Balaban J connectivity index is 1.28. The van der Waals surface area contributed by atoms with Gasteiger partial charge in [0.2, 0.25) is 0 Å². The summed E-state index contributed by atoms with van der Waals surface area (Å²) in [5.74, 6) is 0.440. The van der Waals surface area contributed by atoms with Crippen LogP contribution in [0.4, 0.5) is 4.39 Å². The molecular formula is C26H25FN2O. The van der Waals surface area contributed by atoms with Crippen LogP contribution in [0, 0.1) is 12.7 Å². The molecule has 1 aromatic heterocycles. The average Bonchev–Trinajstić information content (AvgIpc) is 2.76. The third-order valence-corrected chi connectivity index (χ3v) is 5.98. The van der Waals surface area contributed by atoms with Crippen molar-refractivity contribution in [3.05, 3.63) is 83.8 Å². The molecule has 0 amide bonds. The Kier molecular flexibility index (Phi) is 5.09. The Bertz CT molecular complexity index is 1190. The molecule has 0 atom stereocenters. The molecule has 0 unspecified atom stereocenters. The van der Waals surface area contributed by atoms with E-state index in [4.69, 9.17) is 4.74 Å². The molecule has 3 nitrogen and oxygen atoms in total. The number of benzene rings is 3. The van der Waals surface area contributed by atoms with Gasteiger partial charge in [0.05, 0.1) is 0 Å². The first-order valence-corrected chi connectivity index (χ1v) is 10.6. The molecule has 4 heteroatoms. The third-order valence-electron chi connectivity index (χ3n) is 5.98. The number of rotatable bonds is 4. The number of para-hydroxylation sites is 1. The van der Waals surface area contributed by atoms with Gasteiger partial charge in [0.1, 0.15) is 23.2 Å². The smallest absolute Gasteiger partial charge is 0.149 e. The van der Waals surface area contributed by atoms with E-state index in [9.17, 15) is 4.39 Å². The molecule has 3 aromatic carbocycles. The summed E-state index contributed by atoms with van der Waals surface area (Å²) in [6, 6.07) is 22.1. The summed E-state index contributed by atoms with van der Waals surface area (Å²) < 4.78 is 20.5. The van der Waals surface area contributed by atoms with E-state index in [2.05, 4.69) is 52.3 Å². The van der Waals surface area contributed by atoms with Gasteiger partial charge >= 0.3 is 0 Å². The fourth-order valence-electron chi connectivity index (χ4n) is 4.44. The number of hydrogen-bond acceptors (Lipinski definition) is 3. The summed E-state index contributed by atoms with van der Waals surface area (Å²) in [6.07, 6.45) is 2.06. The van der Waals surface area contributed by atoms with Crippen molar-refractivity contribution in [1.82, 2.24) is 9.88 Å². The number of fused-ring (bicyclic) bond motifs is 2. The second-order valence-electron chi connectivity index (χ2n) is 8.13. The van der Waals surface area contributed by atoms with Gasteiger partial charge in [-0.1, -0.05) is 48.5 Å². The highest BCUT2D eigenvalue weighted by molar-refractivity contribution is 5.86. The Morgan fingerprint density at radius 1 is 0.967 bits per heavy atom. The van der Waals surface area contributed by atoms with Crippen LogP contribution in [0.1, 0.15) is 24.1 Å². The second kappa shape index (κ2) is 8.04. The second-order valence-corrected chi connectivity index (χ2v) is 8.13. The fraction of sp³-hybridized carbons (Fsp3) is 0.269. The average molecular weight is 400 g/mol. The molecule has 152 valence electrons. The molecule has 0 aliphatic carbocycles. The lowest BCUT2D eigenvalue weighted by Gasteiger charge is -2.32. The number of halogens is 1. The maximum absolute atomic E-state index is 14.2. The van der Waals surface area contributed by atoms with Crippen molar-refractivity contribution in [2.24, 2.45) is 0 Å². The van der Waals surface area contributed by atoms with E-state index in [0.717, 1.165) is 49.3 Å². The highest BCUT2D eigenvalue weighted by atomic mass is 19.1. The third kappa shape index (κ3) is 3.75. The molecule has 2 heterocycles. The Morgan fingerprint density at radius 3 is 2.57 bits per heavy atom. The first-order valence-electron chi connectivity index (χ1n) is 10.6. The summed E-state index contributed by atoms with van der Waals surface area (Å²) in [7, 11) is 0. The van der Waals surface area contributed by atoms with Crippen LogP contribution in [0.3, 0.4) is 0 Å². The summed E-state index contributed by atoms with van der Waals surface area (Å²) in [4.78, 5) is 6.85. The number of aromatic nitrogens is 1. The van der Waals surface area contributed by atoms with E-state index in [1.54, 1.807) is 6.07 Å². The van der Waals surface area contributed by atoms with Crippen LogP contribution in [0.2, 0.25) is 0 Å². The van der Waals surface area contributed by atoms with Crippen molar-refractivity contribution < 1.29 is 9.13 Å². The van der Waals surface area contributed by atoms with Crippen molar-refractivity contribution in [1.29, 1.82) is 0 Å². The van der Waals surface area contributed by atoms with Gasteiger partial charge in [-0.15, -0.1) is 0 Å². The van der Waals surface area contributed by atoms with Crippen LogP contribution in [-0.2, 0) is 6.54 Å². The SMILES string of the molecule is Cc1cc(OC2CCN(Cc3cccc4ccccc34)CC2)c2cccc(F)c2n1. The molecule has 0 spiro atoms. The van der Waals surface area contributed by atoms with E-state index >= 15 is 0 Å². The van der Waals surface area contributed by atoms with E-state index in [1.807, 2.05) is 19.1 Å². The lowest BCUT2D eigenvalue weighted by molar-refractivity contribution is 0.0981. The molecule has 30 heavy (non-hydrogen) atoms. The summed E-state index contributed by atoms with van der Waals surface area (Å²) in [5.41, 5.74) is 2.54. The normalized spacial score (nSPS) is 15.7. The van der Waals surface area contributed by atoms with Gasteiger partial charge in [-0.3, -0.25) is 4.90 Å². The van der Waals surface area contributed by atoms with E-state index < -0.39 is 0 Å². The standard InChI is InChI=1S/C26H25FN2O/c1-18-16-25(23-10-5-11-24(27)26(23)28-18)30-21-12-14-29(15-13-21)17-20-8-4-7-19-6-2-3-9-22(19)20/h2-11,16,21H,12-15,17H2,1H3. The largest absolute Gasteiger partial charge is 0.490 e. The molecule has 0 N–H and O–H groups in total. The minimum Gasteiger partial charge on any atom is -0.490 e. The number of likely N-dealkylation sites (tertiary alicyclic amines) is 1. The number of ether oxygens (including phenoxy) is 1. The summed E-state index contributed by atoms with van der Waals surface area (Å²) in [5, 5.41) is 3.37. The molecular weight excluding hydrogens is 375 g/mol. The van der Waals surface area contributed by atoms with E-state index in [-0.39, 0.29) is 11.9 Å². The predicted octanol–water partition coefficient (Wildman–Crippen LogP) is 5.88. The van der Waals surface area contributed by atoms with Gasteiger partial charge in [0.25, 0.3) is 0 Å². The molecule has 1 saturated heterocycles. The molecule has 0 radical (unpaired) electrons. The van der Waals surface area contributed by atoms with Crippen LogP contribution in [-0.4, -0.2) is 29.1 Å². The summed E-state index contributed by atoms with van der Waals surface area (Å²) in [6.45, 7) is 4.82. The molecule has 0 bridgehead atoms. The minimum absolute atomic E-state index is 0.141. The zero-order valence-electron chi connectivity index (χ0n) is 17.1. The Labute approximate surface area is 176 Å². The predicted molar refractivity (Wildman–Crippen MR) is 119 cm³/mol. The molecule has 4 aromatic rings. The quantitative estimate of drug-likeness (QED) is 0.428. The van der Waals surface area contributed by atoms with Gasteiger partial charge in [-0.25, -0.2) is 9.37 Å². The van der Waals surface area contributed by atoms with Crippen LogP contribution >= 0.6 is 0 Å². The number of aryl methyl sites for hydroxylation is 1. The minimum atomic E-state index is -0.300. The zero-order chi connectivity index (χ0) is 20.5. The number of hydrogen-bond donors (Lipinski definition) is 0. The molecule has 0 saturated carbocycles. The van der Waals surface area contributed by atoms with Gasteiger partial charge in [-0.05, 0) is 48.2 Å². The lowest BCUT2D eigenvalue weighted by Crippen LogP contribution is -2.37. The van der Waals surface area contributed by atoms with Crippen LogP contribution in [0.25, 0.3) is 21.7 Å². The summed E-state index contributed by atoms with van der Waals surface area (Å²) >= 11 is 0. The molecule has 1 aliphatic rings. The van der Waals surface area contributed by atoms with E-state index in [1.165, 1.54) is 22.4 Å². The maximum atomic E-state index is 14.2.